The van der Waals surface area contributed by atoms with Crippen molar-refractivity contribution in [3.8, 4) is 0 Å². The van der Waals surface area contributed by atoms with Crippen molar-refractivity contribution in [1.29, 1.82) is 0 Å². The van der Waals surface area contributed by atoms with Gasteiger partial charge in [-0.15, -0.1) is 0 Å². The maximum Gasteiger partial charge on any atom is 0.132 e. The summed E-state index contributed by atoms with van der Waals surface area (Å²) in [5.41, 5.74) is 4.08. The molecular formula is C18H23N3. The summed E-state index contributed by atoms with van der Waals surface area (Å²) >= 11 is 0. The molecule has 0 amide bonds. The Morgan fingerprint density at radius 1 is 1.10 bits per heavy atom. The molecule has 0 saturated heterocycles. The molecule has 3 heteroatoms. The SMILES string of the molecule is CC(C)(C)NCc1ccnc(C2Cc3ccccc3C2)n1. The highest BCUT2D eigenvalue weighted by Gasteiger charge is 2.24. The molecule has 21 heavy (non-hydrogen) atoms. The van der Waals surface area contributed by atoms with Crippen molar-refractivity contribution in [3.05, 3.63) is 59.2 Å². The first-order valence-corrected chi connectivity index (χ1v) is 7.65. The van der Waals surface area contributed by atoms with E-state index in [4.69, 9.17) is 4.98 Å². The average molecular weight is 281 g/mol. The van der Waals surface area contributed by atoms with Crippen LogP contribution in [0, 0.1) is 0 Å². The largest absolute Gasteiger partial charge is 0.306 e. The number of fused-ring (bicyclic) bond motifs is 1. The van der Waals surface area contributed by atoms with E-state index in [0.29, 0.717) is 5.92 Å². The minimum absolute atomic E-state index is 0.106. The molecule has 1 aliphatic carbocycles. The van der Waals surface area contributed by atoms with E-state index in [0.717, 1.165) is 30.9 Å². The van der Waals surface area contributed by atoms with Crippen LogP contribution in [-0.2, 0) is 19.4 Å². The van der Waals surface area contributed by atoms with Crippen molar-refractivity contribution in [2.45, 2.75) is 51.6 Å². The summed E-state index contributed by atoms with van der Waals surface area (Å²) in [6.07, 6.45) is 4.02. The summed E-state index contributed by atoms with van der Waals surface area (Å²) < 4.78 is 0. The average Bonchev–Trinajstić information content (AvgIpc) is 2.89. The fourth-order valence-corrected chi connectivity index (χ4v) is 2.81. The summed E-state index contributed by atoms with van der Waals surface area (Å²) in [6, 6.07) is 10.7. The van der Waals surface area contributed by atoms with Gasteiger partial charge >= 0.3 is 0 Å². The molecule has 1 aliphatic rings. The summed E-state index contributed by atoms with van der Waals surface area (Å²) in [5.74, 6) is 1.41. The Hall–Kier alpha value is -1.74. The highest BCUT2D eigenvalue weighted by atomic mass is 15.0. The molecule has 1 N–H and O–H groups in total. The van der Waals surface area contributed by atoms with Crippen molar-refractivity contribution in [2.24, 2.45) is 0 Å². The minimum atomic E-state index is 0.106. The zero-order valence-corrected chi connectivity index (χ0v) is 13.1. The van der Waals surface area contributed by atoms with Crippen LogP contribution in [-0.4, -0.2) is 15.5 Å². The Balaban J connectivity index is 1.73. The molecule has 1 aromatic heterocycles. The van der Waals surface area contributed by atoms with E-state index in [2.05, 4.69) is 55.3 Å². The van der Waals surface area contributed by atoms with Gasteiger partial charge in [0.1, 0.15) is 5.82 Å². The second-order valence-electron chi connectivity index (χ2n) is 6.88. The normalized spacial score (nSPS) is 15.2. The highest BCUT2D eigenvalue weighted by Crippen LogP contribution is 2.31. The van der Waals surface area contributed by atoms with Gasteiger partial charge in [0, 0.05) is 24.2 Å². The minimum Gasteiger partial charge on any atom is -0.306 e. The number of nitrogens with zero attached hydrogens (tertiary/aromatic N) is 2. The Morgan fingerprint density at radius 2 is 1.76 bits per heavy atom. The lowest BCUT2D eigenvalue weighted by Crippen LogP contribution is -2.35. The van der Waals surface area contributed by atoms with Gasteiger partial charge in [-0.25, -0.2) is 9.97 Å². The Labute approximate surface area is 126 Å². The molecule has 3 rings (SSSR count). The molecule has 2 aromatic rings. The Bertz CT molecular complexity index is 603. The van der Waals surface area contributed by atoms with Crippen LogP contribution >= 0.6 is 0 Å². The van der Waals surface area contributed by atoms with Gasteiger partial charge in [0.2, 0.25) is 0 Å². The van der Waals surface area contributed by atoms with Crippen LogP contribution in [0.2, 0.25) is 0 Å². The first-order chi connectivity index (χ1) is 10.0. The fourth-order valence-electron chi connectivity index (χ4n) is 2.81. The third-order valence-electron chi connectivity index (χ3n) is 3.95. The van der Waals surface area contributed by atoms with E-state index in [1.807, 2.05) is 12.3 Å². The standard InChI is InChI=1S/C18H23N3/c1-18(2,3)20-12-16-8-9-19-17(21-16)15-10-13-6-4-5-7-14(13)11-15/h4-9,15,20H,10-12H2,1-3H3. The van der Waals surface area contributed by atoms with Crippen LogP contribution < -0.4 is 5.32 Å². The third-order valence-corrected chi connectivity index (χ3v) is 3.95. The van der Waals surface area contributed by atoms with Crippen LogP contribution in [0.3, 0.4) is 0 Å². The predicted molar refractivity (Wildman–Crippen MR) is 85.2 cm³/mol. The molecule has 0 radical (unpaired) electrons. The molecule has 1 aromatic carbocycles. The molecule has 0 saturated carbocycles. The van der Waals surface area contributed by atoms with Gasteiger partial charge in [0.05, 0.1) is 5.69 Å². The summed E-state index contributed by atoms with van der Waals surface area (Å²) in [5, 5.41) is 3.48. The lowest BCUT2D eigenvalue weighted by atomic mass is 10.1. The van der Waals surface area contributed by atoms with Gasteiger partial charge in [-0.3, -0.25) is 0 Å². The van der Waals surface area contributed by atoms with Crippen molar-refractivity contribution in [3.63, 3.8) is 0 Å². The van der Waals surface area contributed by atoms with Crippen molar-refractivity contribution < 1.29 is 0 Å². The number of rotatable bonds is 3. The van der Waals surface area contributed by atoms with E-state index in [1.54, 1.807) is 0 Å². The topological polar surface area (TPSA) is 37.8 Å². The molecule has 3 nitrogen and oxygen atoms in total. The molecule has 0 spiro atoms. The number of aromatic nitrogens is 2. The number of hydrogen-bond acceptors (Lipinski definition) is 3. The number of nitrogens with one attached hydrogen (secondary N) is 1. The second kappa shape index (κ2) is 5.57. The summed E-state index contributed by atoms with van der Waals surface area (Å²) in [6.45, 7) is 7.30. The van der Waals surface area contributed by atoms with Crippen LogP contribution in [0.1, 0.15) is 49.3 Å². The Morgan fingerprint density at radius 3 is 2.38 bits per heavy atom. The van der Waals surface area contributed by atoms with Crippen LogP contribution in [0.4, 0.5) is 0 Å². The highest BCUT2D eigenvalue weighted by molar-refractivity contribution is 5.35. The maximum atomic E-state index is 4.77. The van der Waals surface area contributed by atoms with E-state index in [-0.39, 0.29) is 5.54 Å². The summed E-state index contributed by atoms with van der Waals surface area (Å²) in [4.78, 5) is 9.28. The fraction of sp³-hybridized carbons (Fsp3) is 0.444. The van der Waals surface area contributed by atoms with Gasteiger partial charge in [0.25, 0.3) is 0 Å². The molecule has 0 unspecified atom stereocenters. The van der Waals surface area contributed by atoms with E-state index in [1.165, 1.54) is 11.1 Å². The molecule has 0 bridgehead atoms. The van der Waals surface area contributed by atoms with Gasteiger partial charge in [-0.2, -0.15) is 0 Å². The lowest BCUT2D eigenvalue weighted by Gasteiger charge is -2.20. The van der Waals surface area contributed by atoms with E-state index < -0.39 is 0 Å². The smallest absolute Gasteiger partial charge is 0.132 e. The zero-order chi connectivity index (χ0) is 14.9. The summed E-state index contributed by atoms with van der Waals surface area (Å²) in [7, 11) is 0. The zero-order valence-electron chi connectivity index (χ0n) is 13.1. The second-order valence-corrected chi connectivity index (χ2v) is 6.88. The van der Waals surface area contributed by atoms with Crippen LogP contribution in [0.5, 0.6) is 0 Å². The first kappa shape index (κ1) is 14.2. The molecule has 0 atom stereocenters. The molecule has 0 fully saturated rings. The van der Waals surface area contributed by atoms with Crippen molar-refractivity contribution in [2.75, 3.05) is 0 Å². The van der Waals surface area contributed by atoms with Crippen LogP contribution in [0.25, 0.3) is 0 Å². The molecule has 1 heterocycles. The monoisotopic (exact) mass is 281 g/mol. The van der Waals surface area contributed by atoms with E-state index >= 15 is 0 Å². The molecule has 0 aliphatic heterocycles. The first-order valence-electron chi connectivity index (χ1n) is 7.65. The van der Waals surface area contributed by atoms with Crippen molar-refractivity contribution >= 4 is 0 Å². The van der Waals surface area contributed by atoms with Crippen LogP contribution in [0.15, 0.2) is 36.5 Å². The predicted octanol–water partition coefficient (Wildman–Crippen LogP) is 3.25. The van der Waals surface area contributed by atoms with Crippen molar-refractivity contribution in [1.82, 2.24) is 15.3 Å². The van der Waals surface area contributed by atoms with E-state index in [9.17, 15) is 0 Å². The third kappa shape index (κ3) is 3.48. The van der Waals surface area contributed by atoms with Gasteiger partial charge in [-0.1, -0.05) is 24.3 Å². The van der Waals surface area contributed by atoms with Gasteiger partial charge in [0.15, 0.2) is 0 Å². The van der Waals surface area contributed by atoms with Gasteiger partial charge < -0.3 is 5.32 Å². The molecular weight excluding hydrogens is 258 g/mol. The maximum absolute atomic E-state index is 4.77. The molecule has 110 valence electrons. The number of hydrogen-bond donors (Lipinski definition) is 1. The number of benzene rings is 1. The van der Waals surface area contributed by atoms with Gasteiger partial charge in [-0.05, 0) is 50.8 Å². The Kier molecular flexibility index (Phi) is 3.77. The lowest BCUT2D eigenvalue weighted by molar-refractivity contribution is 0.420. The quantitative estimate of drug-likeness (QED) is 0.938.